The van der Waals surface area contributed by atoms with Gasteiger partial charge < -0.3 is 10.6 Å². The van der Waals surface area contributed by atoms with E-state index in [1.807, 2.05) is 0 Å². The van der Waals surface area contributed by atoms with Crippen molar-refractivity contribution in [3.8, 4) is 0 Å². The van der Waals surface area contributed by atoms with E-state index in [4.69, 9.17) is 5.73 Å². The van der Waals surface area contributed by atoms with Crippen LogP contribution in [0, 0.1) is 5.92 Å². The molecular weight excluding hydrogens is 281 g/mol. The number of alkyl halides is 3. The Balaban J connectivity index is 0.00000324. The fraction of sp³-hybridized carbons (Fsp3) is 0.750. The lowest BCUT2D eigenvalue weighted by Gasteiger charge is -2.31. The Morgan fingerprint density at radius 1 is 1.42 bits per heavy atom. The number of rotatable bonds is 4. The molecule has 1 aliphatic carbocycles. The highest BCUT2D eigenvalue weighted by atomic mass is 35.5. The number of nitrogens with two attached hydrogens (primary N) is 1. The standard InChI is InChI=1S/C12H19F3N2O.ClH/c1-2-6-17(8-12(13,14)15)11(18)9-4-3-5-10(16)7-9;/h2,9-10H,1,3-8,16H2;1H. The zero-order valence-electron chi connectivity index (χ0n) is 10.7. The predicted molar refractivity (Wildman–Crippen MR) is 70.0 cm³/mol. The molecule has 0 bridgehead atoms. The number of hydrogen-bond donors (Lipinski definition) is 1. The summed E-state index contributed by atoms with van der Waals surface area (Å²) in [6.07, 6.45) is -0.333. The van der Waals surface area contributed by atoms with E-state index in [2.05, 4.69) is 6.58 Å². The molecule has 1 fully saturated rings. The molecule has 2 unspecified atom stereocenters. The highest BCUT2D eigenvalue weighted by Gasteiger charge is 2.35. The summed E-state index contributed by atoms with van der Waals surface area (Å²) in [4.78, 5) is 12.8. The molecule has 0 heterocycles. The van der Waals surface area contributed by atoms with Gasteiger partial charge in [0.1, 0.15) is 6.54 Å². The van der Waals surface area contributed by atoms with Gasteiger partial charge in [0.05, 0.1) is 0 Å². The molecule has 0 aliphatic heterocycles. The van der Waals surface area contributed by atoms with Gasteiger partial charge in [-0.05, 0) is 19.3 Å². The molecular formula is C12H20ClF3N2O. The minimum Gasteiger partial charge on any atom is -0.330 e. The van der Waals surface area contributed by atoms with Crippen molar-refractivity contribution in [3.05, 3.63) is 12.7 Å². The Kier molecular flexibility index (Phi) is 7.44. The van der Waals surface area contributed by atoms with Crippen molar-refractivity contribution in [2.75, 3.05) is 13.1 Å². The summed E-state index contributed by atoms with van der Waals surface area (Å²) < 4.78 is 37.1. The third-order valence-electron chi connectivity index (χ3n) is 3.10. The molecule has 112 valence electrons. The first kappa shape index (κ1) is 18.2. The van der Waals surface area contributed by atoms with Crippen LogP contribution in [0.25, 0.3) is 0 Å². The molecule has 1 rings (SSSR count). The minimum absolute atomic E-state index is 0. The zero-order chi connectivity index (χ0) is 13.8. The quantitative estimate of drug-likeness (QED) is 0.811. The van der Waals surface area contributed by atoms with Crippen molar-refractivity contribution < 1.29 is 18.0 Å². The van der Waals surface area contributed by atoms with Crippen LogP contribution in [-0.4, -0.2) is 36.1 Å². The Morgan fingerprint density at radius 2 is 2.05 bits per heavy atom. The SMILES string of the molecule is C=CCN(CC(F)(F)F)C(=O)C1CCCC(N)C1.Cl. The first-order chi connectivity index (χ1) is 8.33. The number of halogens is 4. The lowest BCUT2D eigenvalue weighted by molar-refractivity contribution is -0.163. The summed E-state index contributed by atoms with van der Waals surface area (Å²) in [5.74, 6) is -0.835. The highest BCUT2D eigenvalue weighted by Crippen LogP contribution is 2.26. The molecule has 3 nitrogen and oxygen atoms in total. The molecule has 19 heavy (non-hydrogen) atoms. The molecule has 0 aromatic heterocycles. The average molecular weight is 301 g/mol. The van der Waals surface area contributed by atoms with E-state index >= 15 is 0 Å². The molecule has 7 heteroatoms. The van der Waals surface area contributed by atoms with Crippen LogP contribution >= 0.6 is 12.4 Å². The second kappa shape index (κ2) is 7.75. The highest BCUT2D eigenvalue weighted by molar-refractivity contribution is 5.85. The molecule has 0 spiro atoms. The molecule has 2 atom stereocenters. The molecule has 0 aromatic rings. The average Bonchev–Trinajstić information content (AvgIpc) is 2.26. The zero-order valence-corrected chi connectivity index (χ0v) is 11.5. The summed E-state index contributed by atoms with van der Waals surface area (Å²) in [6.45, 7) is 2.09. The van der Waals surface area contributed by atoms with Gasteiger partial charge >= 0.3 is 6.18 Å². The van der Waals surface area contributed by atoms with Gasteiger partial charge in [-0.3, -0.25) is 4.79 Å². The van der Waals surface area contributed by atoms with Crippen molar-refractivity contribution in [2.24, 2.45) is 11.7 Å². The van der Waals surface area contributed by atoms with E-state index in [-0.39, 0.29) is 30.9 Å². The summed E-state index contributed by atoms with van der Waals surface area (Å²) in [6, 6.07) is -0.0795. The smallest absolute Gasteiger partial charge is 0.330 e. The van der Waals surface area contributed by atoms with Crippen LogP contribution in [0.5, 0.6) is 0 Å². The summed E-state index contributed by atoms with van der Waals surface area (Å²) in [5.41, 5.74) is 5.75. The third kappa shape index (κ3) is 6.29. The van der Waals surface area contributed by atoms with E-state index in [1.165, 1.54) is 6.08 Å². The van der Waals surface area contributed by atoms with E-state index in [0.29, 0.717) is 12.8 Å². The molecule has 0 saturated heterocycles. The van der Waals surface area contributed by atoms with Crippen LogP contribution < -0.4 is 5.73 Å². The minimum atomic E-state index is -4.38. The van der Waals surface area contributed by atoms with Crippen molar-refractivity contribution in [2.45, 2.75) is 37.9 Å². The topological polar surface area (TPSA) is 46.3 Å². The van der Waals surface area contributed by atoms with Gasteiger partial charge in [-0.25, -0.2) is 0 Å². The number of nitrogens with zero attached hydrogens (tertiary/aromatic N) is 1. The maximum Gasteiger partial charge on any atom is 0.406 e. The molecule has 1 amide bonds. The Hall–Kier alpha value is -0.750. The first-order valence-electron chi connectivity index (χ1n) is 6.05. The lowest BCUT2D eigenvalue weighted by Crippen LogP contribution is -2.44. The summed E-state index contributed by atoms with van der Waals surface area (Å²) in [7, 11) is 0. The van der Waals surface area contributed by atoms with E-state index in [0.717, 1.165) is 17.7 Å². The maximum atomic E-state index is 12.4. The van der Waals surface area contributed by atoms with Crippen LogP contribution in [0.4, 0.5) is 13.2 Å². The summed E-state index contributed by atoms with van der Waals surface area (Å²) in [5, 5.41) is 0. The second-order valence-electron chi connectivity index (χ2n) is 4.75. The van der Waals surface area contributed by atoms with Crippen LogP contribution in [-0.2, 0) is 4.79 Å². The van der Waals surface area contributed by atoms with Gasteiger partial charge in [-0.15, -0.1) is 19.0 Å². The monoisotopic (exact) mass is 300 g/mol. The molecule has 1 saturated carbocycles. The van der Waals surface area contributed by atoms with Crippen molar-refractivity contribution in [1.82, 2.24) is 4.90 Å². The van der Waals surface area contributed by atoms with Crippen molar-refractivity contribution >= 4 is 18.3 Å². The third-order valence-corrected chi connectivity index (χ3v) is 3.10. The van der Waals surface area contributed by atoms with Crippen LogP contribution in [0.1, 0.15) is 25.7 Å². The maximum absolute atomic E-state index is 12.4. The Morgan fingerprint density at radius 3 is 2.53 bits per heavy atom. The van der Waals surface area contributed by atoms with Gasteiger partial charge in [-0.2, -0.15) is 13.2 Å². The normalized spacial score (nSPS) is 23.4. The van der Waals surface area contributed by atoms with Gasteiger partial charge in [-0.1, -0.05) is 12.5 Å². The first-order valence-corrected chi connectivity index (χ1v) is 6.05. The number of carbonyl (C=O) groups is 1. The van der Waals surface area contributed by atoms with Crippen molar-refractivity contribution in [1.29, 1.82) is 0 Å². The summed E-state index contributed by atoms with van der Waals surface area (Å²) >= 11 is 0. The second-order valence-corrected chi connectivity index (χ2v) is 4.75. The van der Waals surface area contributed by atoms with E-state index < -0.39 is 18.6 Å². The fourth-order valence-corrected chi connectivity index (χ4v) is 2.31. The molecule has 1 aliphatic rings. The van der Waals surface area contributed by atoms with Gasteiger partial charge in [0, 0.05) is 18.5 Å². The predicted octanol–water partition coefficient (Wildman–Crippen LogP) is 2.50. The van der Waals surface area contributed by atoms with Crippen LogP contribution in [0.2, 0.25) is 0 Å². The van der Waals surface area contributed by atoms with Crippen LogP contribution in [0.3, 0.4) is 0 Å². The van der Waals surface area contributed by atoms with Crippen molar-refractivity contribution in [3.63, 3.8) is 0 Å². The van der Waals surface area contributed by atoms with Gasteiger partial charge in [0.2, 0.25) is 5.91 Å². The van der Waals surface area contributed by atoms with E-state index in [1.54, 1.807) is 0 Å². The van der Waals surface area contributed by atoms with E-state index in [9.17, 15) is 18.0 Å². The number of carbonyl (C=O) groups excluding carboxylic acids is 1. The van der Waals surface area contributed by atoms with Gasteiger partial charge in [0.25, 0.3) is 0 Å². The lowest BCUT2D eigenvalue weighted by atomic mass is 9.85. The van der Waals surface area contributed by atoms with Crippen LogP contribution in [0.15, 0.2) is 12.7 Å². The molecule has 0 radical (unpaired) electrons. The number of amides is 1. The largest absolute Gasteiger partial charge is 0.406 e. The molecule has 2 N–H and O–H groups in total. The number of hydrogen-bond acceptors (Lipinski definition) is 2. The Labute approximate surface area is 117 Å². The van der Waals surface area contributed by atoms with Gasteiger partial charge in [0.15, 0.2) is 0 Å². The fourth-order valence-electron chi connectivity index (χ4n) is 2.31. The Bertz CT molecular complexity index is 310. The molecule has 0 aromatic carbocycles.